The van der Waals surface area contributed by atoms with Gasteiger partial charge in [-0.1, -0.05) is 12.1 Å². The average Bonchev–Trinajstić information content (AvgIpc) is 2.79. The van der Waals surface area contributed by atoms with Crippen molar-refractivity contribution in [3.63, 3.8) is 0 Å². The average molecular weight is 437 g/mol. The van der Waals surface area contributed by atoms with E-state index < -0.39 is 17.9 Å². The first-order chi connectivity index (χ1) is 15.3. The molecule has 0 fully saturated rings. The van der Waals surface area contributed by atoms with Gasteiger partial charge in [0.1, 0.15) is 6.61 Å². The molecule has 0 saturated carbocycles. The monoisotopic (exact) mass is 437 g/mol. The molecule has 0 unspecified atom stereocenters. The van der Waals surface area contributed by atoms with Gasteiger partial charge in [0.25, 0.3) is 5.91 Å². The van der Waals surface area contributed by atoms with E-state index in [0.717, 1.165) is 10.6 Å². The molecule has 9 heteroatoms. The molecule has 0 aliphatic carbocycles. The largest absolute Gasteiger partial charge is 0.448 e. The van der Waals surface area contributed by atoms with Gasteiger partial charge < -0.3 is 9.64 Å². The lowest BCUT2D eigenvalue weighted by Gasteiger charge is -2.18. The van der Waals surface area contributed by atoms with Crippen LogP contribution in [-0.4, -0.2) is 49.1 Å². The maximum absolute atomic E-state index is 13.1. The number of hydrogen-bond acceptors (Lipinski definition) is 6. The molecule has 0 radical (unpaired) electrons. The molecule has 2 amide bonds. The number of carbonyl (C=O) groups is 2. The summed E-state index contributed by atoms with van der Waals surface area (Å²) in [5.41, 5.74) is 2.73. The standard InChI is InChI=1S/C23H24FN5O3/c1-28(2)12-13-32-23(31)27-19-9-6-16(7-10-19)22(30)29(25)20-5-3-4-17(14-20)18-8-11-21(24)26-15-18/h3-11,14-15H,12-13,25H2,1-2H3,(H,27,31). The van der Waals surface area contributed by atoms with Crippen molar-refractivity contribution in [2.45, 2.75) is 0 Å². The first kappa shape index (κ1) is 22.9. The second-order valence-electron chi connectivity index (χ2n) is 7.24. The van der Waals surface area contributed by atoms with E-state index in [9.17, 15) is 14.0 Å². The summed E-state index contributed by atoms with van der Waals surface area (Å²) in [7, 11) is 3.77. The number of carbonyl (C=O) groups excluding carboxylic acids is 2. The van der Waals surface area contributed by atoms with Crippen molar-refractivity contribution in [2.24, 2.45) is 5.84 Å². The third kappa shape index (κ3) is 6.10. The summed E-state index contributed by atoms with van der Waals surface area (Å²) < 4.78 is 18.1. The minimum absolute atomic E-state index is 0.268. The first-order valence-corrected chi connectivity index (χ1v) is 9.83. The van der Waals surface area contributed by atoms with E-state index in [1.807, 2.05) is 25.1 Å². The van der Waals surface area contributed by atoms with Crippen molar-refractivity contribution < 1.29 is 18.7 Å². The molecular weight excluding hydrogens is 413 g/mol. The molecule has 0 aliphatic heterocycles. The number of anilines is 2. The second kappa shape index (κ2) is 10.5. The molecule has 32 heavy (non-hydrogen) atoms. The van der Waals surface area contributed by atoms with Gasteiger partial charge in [-0.2, -0.15) is 4.39 Å². The summed E-state index contributed by atoms with van der Waals surface area (Å²) in [6, 6.07) is 16.1. The number of ether oxygens (including phenoxy) is 1. The summed E-state index contributed by atoms with van der Waals surface area (Å²) >= 11 is 0. The number of likely N-dealkylation sites (N-methyl/N-ethyl adjacent to an activating group) is 1. The van der Waals surface area contributed by atoms with Crippen LogP contribution in [-0.2, 0) is 4.74 Å². The minimum atomic E-state index is -0.571. The topological polar surface area (TPSA) is 101 Å². The Balaban J connectivity index is 1.65. The van der Waals surface area contributed by atoms with E-state index in [2.05, 4.69) is 10.3 Å². The Morgan fingerprint density at radius 2 is 1.81 bits per heavy atom. The highest BCUT2D eigenvalue weighted by molar-refractivity contribution is 6.05. The van der Waals surface area contributed by atoms with Gasteiger partial charge >= 0.3 is 6.09 Å². The van der Waals surface area contributed by atoms with Crippen molar-refractivity contribution in [1.29, 1.82) is 0 Å². The van der Waals surface area contributed by atoms with Crippen LogP contribution in [0.2, 0.25) is 0 Å². The Bertz CT molecular complexity index is 1070. The molecule has 0 bridgehead atoms. The van der Waals surface area contributed by atoms with Gasteiger partial charge in [0.2, 0.25) is 5.95 Å². The predicted molar refractivity (Wildman–Crippen MR) is 121 cm³/mol. The molecule has 0 atom stereocenters. The number of nitrogens with two attached hydrogens (primary N) is 1. The second-order valence-corrected chi connectivity index (χ2v) is 7.24. The van der Waals surface area contributed by atoms with Crippen LogP contribution in [0, 0.1) is 5.95 Å². The number of benzene rings is 2. The van der Waals surface area contributed by atoms with Crippen molar-refractivity contribution in [1.82, 2.24) is 9.88 Å². The van der Waals surface area contributed by atoms with Crippen LogP contribution in [0.1, 0.15) is 10.4 Å². The van der Waals surface area contributed by atoms with E-state index in [1.165, 1.54) is 12.3 Å². The lowest BCUT2D eigenvalue weighted by Crippen LogP contribution is -2.37. The maximum atomic E-state index is 13.1. The number of hydrazine groups is 1. The molecule has 3 aromatic rings. The fourth-order valence-electron chi connectivity index (χ4n) is 2.81. The molecule has 3 N–H and O–H groups in total. The summed E-state index contributed by atoms with van der Waals surface area (Å²) in [6.07, 6.45) is 0.840. The minimum Gasteiger partial charge on any atom is -0.448 e. The number of nitrogens with zero attached hydrogens (tertiary/aromatic N) is 3. The highest BCUT2D eigenvalue weighted by atomic mass is 19.1. The molecular formula is C23H24FN5O3. The highest BCUT2D eigenvalue weighted by Crippen LogP contribution is 2.24. The maximum Gasteiger partial charge on any atom is 0.411 e. The molecule has 1 heterocycles. The molecule has 0 saturated heterocycles. The van der Waals surface area contributed by atoms with Crippen LogP contribution in [0.25, 0.3) is 11.1 Å². The van der Waals surface area contributed by atoms with Gasteiger partial charge in [0.05, 0.1) is 5.69 Å². The zero-order chi connectivity index (χ0) is 23.1. The van der Waals surface area contributed by atoms with Gasteiger partial charge in [-0.05, 0) is 68.2 Å². The van der Waals surface area contributed by atoms with E-state index in [4.69, 9.17) is 10.6 Å². The summed E-state index contributed by atoms with van der Waals surface area (Å²) in [5.74, 6) is 5.05. The fourth-order valence-corrected chi connectivity index (χ4v) is 2.81. The van der Waals surface area contributed by atoms with E-state index in [-0.39, 0.29) is 6.61 Å². The van der Waals surface area contributed by atoms with Crippen molar-refractivity contribution in [3.05, 3.63) is 78.4 Å². The summed E-state index contributed by atoms with van der Waals surface area (Å²) in [5, 5.41) is 3.63. The molecule has 2 aromatic carbocycles. The first-order valence-electron chi connectivity index (χ1n) is 9.83. The predicted octanol–water partition coefficient (Wildman–Crippen LogP) is 3.52. The number of aromatic nitrogens is 1. The Kier molecular flexibility index (Phi) is 7.48. The van der Waals surface area contributed by atoms with Gasteiger partial charge in [-0.3, -0.25) is 10.1 Å². The van der Waals surface area contributed by atoms with E-state index in [0.29, 0.717) is 29.0 Å². The zero-order valence-corrected chi connectivity index (χ0v) is 17.8. The van der Waals surface area contributed by atoms with Crippen LogP contribution in [0.15, 0.2) is 66.9 Å². The van der Waals surface area contributed by atoms with Crippen LogP contribution in [0.3, 0.4) is 0 Å². The van der Waals surface area contributed by atoms with Crippen LogP contribution < -0.4 is 16.2 Å². The normalized spacial score (nSPS) is 10.7. The fraction of sp³-hybridized carbons (Fsp3) is 0.174. The smallest absolute Gasteiger partial charge is 0.411 e. The van der Waals surface area contributed by atoms with E-state index >= 15 is 0 Å². The lowest BCUT2D eigenvalue weighted by atomic mass is 10.1. The van der Waals surface area contributed by atoms with Crippen molar-refractivity contribution >= 4 is 23.4 Å². The van der Waals surface area contributed by atoms with Gasteiger partial charge in [-0.15, -0.1) is 0 Å². The number of hydrogen-bond donors (Lipinski definition) is 2. The van der Waals surface area contributed by atoms with Gasteiger partial charge in [0.15, 0.2) is 0 Å². The van der Waals surface area contributed by atoms with Crippen molar-refractivity contribution in [2.75, 3.05) is 37.6 Å². The Morgan fingerprint density at radius 1 is 1.06 bits per heavy atom. The summed E-state index contributed by atoms with van der Waals surface area (Å²) in [4.78, 5) is 30.1. The molecule has 3 rings (SSSR count). The zero-order valence-electron chi connectivity index (χ0n) is 17.8. The molecule has 166 valence electrons. The number of halogens is 1. The van der Waals surface area contributed by atoms with E-state index in [1.54, 1.807) is 48.5 Å². The molecule has 1 aromatic heterocycles. The quantitative estimate of drug-likeness (QED) is 0.254. The van der Waals surface area contributed by atoms with Gasteiger partial charge in [0, 0.05) is 29.6 Å². The lowest BCUT2D eigenvalue weighted by molar-refractivity contribution is 0.0987. The number of amides is 2. The molecule has 8 nitrogen and oxygen atoms in total. The highest BCUT2D eigenvalue weighted by Gasteiger charge is 2.15. The van der Waals surface area contributed by atoms with Crippen LogP contribution >= 0.6 is 0 Å². The molecule has 0 aliphatic rings. The third-order valence-corrected chi connectivity index (χ3v) is 4.55. The number of rotatable bonds is 7. The SMILES string of the molecule is CN(C)CCOC(=O)Nc1ccc(C(=O)N(N)c2cccc(-c3ccc(F)nc3)c2)cc1. The Labute approximate surface area is 185 Å². The Hall–Kier alpha value is -3.82. The Morgan fingerprint density at radius 3 is 2.47 bits per heavy atom. The number of pyridine rings is 1. The van der Waals surface area contributed by atoms with Gasteiger partial charge in [-0.25, -0.2) is 20.6 Å². The van der Waals surface area contributed by atoms with Crippen LogP contribution in [0.5, 0.6) is 0 Å². The number of nitrogens with one attached hydrogen (secondary N) is 1. The third-order valence-electron chi connectivity index (χ3n) is 4.55. The van der Waals surface area contributed by atoms with Crippen LogP contribution in [0.4, 0.5) is 20.6 Å². The molecule has 0 spiro atoms. The van der Waals surface area contributed by atoms with Crippen molar-refractivity contribution in [3.8, 4) is 11.1 Å². The summed E-state index contributed by atoms with van der Waals surface area (Å²) in [6.45, 7) is 0.886.